The zero-order valence-corrected chi connectivity index (χ0v) is 11.2. The Morgan fingerprint density at radius 1 is 1.33 bits per heavy atom. The summed E-state index contributed by atoms with van der Waals surface area (Å²) >= 11 is 0. The Bertz CT molecular complexity index is 539. The van der Waals surface area contributed by atoms with Crippen molar-refractivity contribution in [3.8, 4) is 0 Å². The van der Waals surface area contributed by atoms with Gasteiger partial charge in [-0.15, -0.1) is 0 Å². The normalized spacial score (nSPS) is 17.2. The van der Waals surface area contributed by atoms with Crippen LogP contribution in [0.5, 0.6) is 0 Å². The molecule has 1 N–H and O–H groups in total. The van der Waals surface area contributed by atoms with Gasteiger partial charge >= 0.3 is 0 Å². The third-order valence-corrected chi connectivity index (χ3v) is 3.71. The predicted octanol–water partition coefficient (Wildman–Crippen LogP) is 4.19. The van der Waals surface area contributed by atoms with Crippen LogP contribution in [0, 0.1) is 12.8 Å². The highest BCUT2D eigenvalue weighted by molar-refractivity contribution is 5.78. The molecule has 0 saturated heterocycles. The van der Waals surface area contributed by atoms with Crippen LogP contribution >= 0.6 is 0 Å². The van der Waals surface area contributed by atoms with Gasteiger partial charge in [-0.25, -0.2) is 0 Å². The quantitative estimate of drug-likeness (QED) is 0.851. The molecule has 2 heteroatoms. The number of rotatable bonds is 5. The zero-order chi connectivity index (χ0) is 12.5. The summed E-state index contributed by atoms with van der Waals surface area (Å²) in [5.74, 6) is 1.89. The van der Waals surface area contributed by atoms with Crippen LogP contribution in [0.3, 0.4) is 0 Å². The number of fused-ring (bicyclic) bond motifs is 1. The maximum atomic E-state index is 6.02. The van der Waals surface area contributed by atoms with Crippen LogP contribution in [-0.2, 0) is 0 Å². The SMILES string of the molecule is CCCNC(c1cc2cc(C)ccc2o1)C1CC1. The Balaban J connectivity index is 1.90. The minimum absolute atomic E-state index is 0.414. The van der Waals surface area contributed by atoms with Crippen molar-refractivity contribution in [1.29, 1.82) is 0 Å². The van der Waals surface area contributed by atoms with Gasteiger partial charge in [-0.2, -0.15) is 0 Å². The van der Waals surface area contributed by atoms with E-state index in [1.165, 1.54) is 30.2 Å². The van der Waals surface area contributed by atoms with Crippen LogP contribution in [0.2, 0.25) is 0 Å². The first-order chi connectivity index (χ1) is 8.78. The molecule has 1 aliphatic carbocycles. The lowest BCUT2D eigenvalue weighted by atomic mass is 10.1. The lowest BCUT2D eigenvalue weighted by Crippen LogP contribution is -2.23. The largest absolute Gasteiger partial charge is 0.459 e. The van der Waals surface area contributed by atoms with Crippen LogP contribution in [-0.4, -0.2) is 6.54 Å². The molecule has 0 spiro atoms. The summed E-state index contributed by atoms with van der Waals surface area (Å²) in [6.07, 6.45) is 3.83. The van der Waals surface area contributed by atoms with Gasteiger partial charge in [0.15, 0.2) is 0 Å². The van der Waals surface area contributed by atoms with Crippen molar-refractivity contribution in [2.45, 2.75) is 39.2 Å². The number of nitrogens with one attached hydrogen (secondary N) is 1. The molecule has 1 saturated carbocycles. The van der Waals surface area contributed by atoms with Gasteiger partial charge in [0.1, 0.15) is 11.3 Å². The lowest BCUT2D eigenvalue weighted by Gasteiger charge is -2.14. The van der Waals surface area contributed by atoms with Gasteiger partial charge < -0.3 is 9.73 Å². The average molecular weight is 243 g/mol. The molecule has 96 valence electrons. The van der Waals surface area contributed by atoms with Crippen molar-refractivity contribution in [3.63, 3.8) is 0 Å². The average Bonchev–Trinajstić information content (AvgIpc) is 3.10. The molecule has 1 heterocycles. The van der Waals surface area contributed by atoms with Gasteiger partial charge in [0, 0.05) is 5.39 Å². The van der Waals surface area contributed by atoms with Gasteiger partial charge in [-0.1, -0.05) is 18.6 Å². The van der Waals surface area contributed by atoms with Gasteiger partial charge in [-0.05, 0) is 56.8 Å². The highest BCUT2D eigenvalue weighted by Gasteiger charge is 2.33. The number of aryl methyl sites for hydroxylation is 1. The second-order valence-corrected chi connectivity index (χ2v) is 5.46. The molecule has 1 atom stereocenters. The molecule has 0 amide bonds. The Morgan fingerprint density at radius 3 is 2.89 bits per heavy atom. The Hall–Kier alpha value is -1.28. The van der Waals surface area contributed by atoms with E-state index in [9.17, 15) is 0 Å². The first kappa shape index (κ1) is 11.8. The molecule has 2 aromatic rings. The highest BCUT2D eigenvalue weighted by atomic mass is 16.3. The summed E-state index contributed by atoms with van der Waals surface area (Å²) in [5.41, 5.74) is 2.30. The lowest BCUT2D eigenvalue weighted by molar-refractivity contribution is 0.396. The molecular weight excluding hydrogens is 222 g/mol. The van der Waals surface area contributed by atoms with Crippen molar-refractivity contribution in [2.24, 2.45) is 5.92 Å². The maximum absolute atomic E-state index is 6.02. The van der Waals surface area contributed by atoms with E-state index >= 15 is 0 Å². The summed E-state index contributed by atoms with van der Waals surface area (Å²) in [7, 11) is 0. The Labute approximate surface area is 108 Å². The van der Waals surface area contributed by atoms with Crippen LogP contribution < -0.4 is 5.32 Å². The van der Waals surface area contributed by atoms with E-state index in [1.807, 2.05) is 0 Å². The third-order valence-electron chi connectivity index (χ3n) is 3.71. The first-order valence-corrected chi connectivity index (χ1v) is 7.01. The standard InChI is InChI=1S/C16H21NO/c1-3-8-17-16(12-5-6-12)15-10-13-9-11(2)4-7-14(13)18-15/h4,7,9-10,12,16-17H,3,5-6,8H2,1-2H3. The molecule has 0 radical (unpaired) electrons. The molecule has 1 aromatic heterocycles. The Kier molecular flexibility index (Phi) is 3.13. The molecule has 1 unspecified atom stereocenters. The minimum atomic E-state index is 0.414. The van der Waals surface area contributed by atoms with E-state index < -0.39 is 0 Å². The fourth-order valence-corrected chi connectivity index (χ4v) is 2.57. The van der Waals surface area contributed by atoms with Gasteiger partial charge in [-0.3, -0.25) is 0 Å². The van der Waals surface area contributed by atoms with E-state index in [4.69, 9.17) is 4.42 Å². The molecule has 1 aromatic carbocycles. The van der Waals surface area contributed by atoms with Crippen molar-refractivity contribution in [1.82, 2.24) is 5.32 Å². The predicted molar refractivity (Wildman–Crippen MR) is 74.7 cm³/mol. The van der Waals surface area contributed by atoms with Crippen LogP contribution in [0.25, 0.3) is 11.0 Å². The molecule has 0 aliphatic heterocycles. The van der Waals surface area contributed by atoms with E-state index in [0.717, 1.165) is 23.8 Å². The molecule has 2 nitrogen and oxygen atoms in total. The number of hydrogen-bond acceptors (Lipinski definition) is 2. The molecule has 3 rings (SSSR count). The summed E-state index contributed by atoms with van der Waals surface area (Å²) < 4.78 is 6.02. The molecule has 1 fully saturated rings. The second-order valence-electron chi connectivity index (χ2n) is 5.46. The summed E-state index contributed by atoms with van der Waals surface area (Å²) in [6, 6.07) is 9.02. The van der Waals surface area contributed by atoms with Crippen molar-refractivity contribution >= 4 is 11.0 Å². The van der Waals surface area contributed by atoms with E-state index in [2.05, 4.69) is 43.4 Å². The molecule has 1 aliphatic rings. The van der Waals surface area contributed by atoms with Gasteiger partial charge in [0.05, 0.1) is 6.04 Å². The monoisotopic (exact) mass is 243 g/mol. The van der Waals surface area contributed by atoms with Crippen molar-refractivity contribution < 1.29 is 4.42 Å². The van der Waals surface area contributed by atoms with Gasteiger partial charge in [0.2, 0.25) is 0 Å². The van der Waals surface area contributed by atoms with E-state index in [-0.39, 0.29) is 0 Å². The molecule has 0 bridgehead atoms. The smallest absolute Gasteiger partial charge is 0.134 e. The minimum Gasteiger partial charge on any atom is -0.459 e. The highest BCUT2D eigenvalue weighted by Crippen LogP contribution is 2.42. The summed E-state index contributed by atoms with van der Waals surface area (Å²) in [5, 5.41) is 4.86. The summed E-state index contributed by atoms with van der Waals surface area (Å²) in [6.45, 7) is 5.40. The number of hydrogen-bond donors (Lipinski definition) is 1. The zero-order valence-electron chi connectivity index (χ0n) is 11.2. The topological polar surface area (TPSA) is 25.2 Å². The summed E-state index contributed by atoms with van der Waals surface area (Å²) in [4.78, 5) is 0. The van der Waals surface area contributed by atoms with Crippen molar-refractivity contribution in [2.75, 3.05) is 6.54 Å². The van der Waals surface area contributed by atoms with Gasteiger partial charge in [0.25, 0.3) is 0 Å². The molecular formula is C16H21NO. The number of furan rings is 1. The third kappa shape index (κ3) is 2.30. The van der Waals surface area contributed by atoms with Crippen LogP contribution in [0.1, 0.15) is 43.6 Å². The number of benzene rings is 1. The fourth-order valence-electron chi connectivity index (χ4n) is 2.57. The molecule has 18 heavy (non-hydrogen) atoms. The second kappa shape index (κ2) is 4.77. The first-order valence-electron chi connectivity index (χ1n) is 7.01. The maximum Gasteiger partial charge on any atom is 0.134 e. The van der Waals surface area contributed by atoms with Crippen molar-refractivity contribution in [3.05, 3.63) is 35.6 Å². The fraction of sp³-hybridized carbons (Fsp3) is 0.500. The van der Waals surface area contributed by atoms with E-state index in [1.54, 1.807) is 0 Å². The van der Waals surface area contributed by atoms with Crippen LogP contribution in [0.4, 0.5) is 0 Å². The Morgan fingerprint density at radius 2 is 2.17 bits per heavy atom. The van der Waals surface area contributed by atoms with Crippen LogP contribution in [0.15, 0.2) is 28.7 Å². The van der Waals surface area contributed by atoms with E-state index in [0.29, 0.717) is 6.04 Å².